The smallest absolute Gasteiger partial charge is 0.229 e. The van der Waals surface area contributed by atoms with E-state index < -0.39 is 5.91 Å². The summed E-state index contributed by atoms with van der Waals surface area (Å²) in [5.41, 5.74) is 6.74. The maximum Gasteiger partial charge on any atom is 0.229 e. The number of primary amides is 1. The predicted octanol–water partition coefficient (Wildman–Crippen LogP) is 1.88. The van der Waals surface area contributed by atoms with Crippen LogP contribution in [0.1, 0.15) is 17.5 Å². The Morgan fingerprint density at radius 1 is 1.57 bits per heavy atom. The monoisotopic (exact) mass is 207 g/mol. The van der Waals surface area contributed by atoms with Gasteiger partial charge in [0.25, 0.3) is 0 Å². The number of rotatable bonds is 1. The molecule has 0 aliphatic rings. The molecular weight excluding hydrogens is 198 g/mol. The third-order valence-electron chi connectivity index (χ3n) is 1.61. The number of halogens is 1. The molecule has 2 nitrogen and oxygen atoms in total. The standard InChI is InChI=1S/C11H10ClNO/c1-8-5-6-9(10(12)7-8)3-2-4-11(13)14/h5-7H,4H2,1H3,(H2,13,14). The van der Waals surface area contributed by atoms with E-state index in [2.05, 4.69) is 11.8 Å². The summed E-state index contributed by atoms with van der Waals surface area (Å²) < 4.78 is 0. The third kappa shape index (κ3) is 3.12. The molecule has 0 aliphatic carbocycles. The van der Waals surface area contributed by atoms with Crippen LogP contribution in [0.15, 0.2) is 18.2 Å². The van der Waals surface area contributed by atoms with Crippen LogP contribution in [-0.2, 0) is 4.79 Å². The highest BCUT2D eigenvalue weighted by atomic mass is 35.5. The lowest BCUT2D eigenvalue weighted by molar-refractivity contribution is -0.117. The fourth-order valence-electron chi connectivity index (χ4n) is 0.948. The Balaban J connectivity index is 2.85. The van der Waals surface area contributed by atoms with Crippen molar-refractivity contribution in [2.75, 3.05) is 0 Å². The minimum Gasteiger partial charge on any atom is -0.369 e. The van der Waals surface area contributed by atoms with Gasteiger partial charge in [0, 0.05) is 5.56 Å². The molecule has 0 aliphatic heterocycles. The molecule has 0 radical (unpaired) electrons. The Labute approximate surface area is 88.1 Å². The Bertz CT molecular complexity index is 415. The Hall–Kier alpha value is -1.46. The van der Waals surface area contributed by atoms with Crippen molar-refractivity contribution in [2.24, 2.45) is 5.73 Å². The molecule has 0 fully saturated rings. The second-order valence-electron chi connectivity index (χ2n) is 2.93. The van der Waals surface area contributed by atoms with Crippen LogP contribution >= 0.6 is 11.6 Å². The predicted molar refractivity (Wildman–Crippen MR) is 56.9 cm³/mol. The van der Waals surface area contributed by atoms with Crippen molar-refractivity contribution < 1.29 is 4.79 Å². The molecule has 72 valence electrons. The molecule has 14 heavy (non-hydrogen) atoms. The molecule has 3 heteroatoms. The first-order chi connectivity index (χ1) is 6.59. The number of benzene rings is 1. The molecule has 1 aromatic rings. The number of hydrogen-bond acceptors (Lipinski definition) is 1. The number of hydrogen-bond donors (Lipinski definition) is 1. The van der Waals surface area contributed by atoms with Gasteiger partial charge >= 0.3 is 0 Å². The molecule has 0 aromatic heterocycles. The van der Waals surface area contributed by atoms with E-state index in [9.17, 15) is 4.79 Å². The number of carbonyl (C=O) groups is 1. The molecule has 0 unspecified atom stereocenters. The zero-order valence-electron chi connectivity index (χ0n) is 7.80. The fourth-order valence-corrected chi connectivity index (χ4v) is 1.23. The van der Waals surface area contributed by atoms with E-state index in [0.29, 0.717) is 5.02 Å². The van der Waals surface area contributed by atoms with Gasteiger partial charge in [-0.15, -0.1) is 0 Å². The van der Waals surface area contributed by atoms with Crippen LogP contribution in [0.2, 0.25) is 5.02 Å². The first-order valence-electron chi connectivity index (χ1n) is 4.13. The molecule has 2 N–H and O–H groups in total. The van der Waals surface area contributed by atoms with E-state index >= 15 is 0 Å². The highest BCUT2D eigenvalue weighted by molar-refractivity contribution is 6.31. The Morgan fingerprint density at radius 3 is 2.86 bits per heavy atom. The van der Waals surface area contributed by atoms with E-state index in [0.717, 1.165) is 11.1 Å². The van der Waals surface area contributed by atoms with E-state index in [1.807, 2.05) is 25.1 Å². The minimum absolute atomic E-state index is 0.0597. The molecule has 1 aromatic carbocycles. The van der Waals surface area contributed by atoms with Gasteiger partial charge in [0.1, 0.15) is 0 Å². The lowest BCUT2D eigenvalue weighted by atomic mass is 10.1. The highest BCUT2D eigenvalue weighted by Gasteiger charge is 1.96. The summed E-state index contributed by atoms with van der Waals surface area (Å²) in [4.78, 5) is 10.4. The molecule has 1 amide bonds. The summed E-state index contributed by atoms with van der Waals surface area (Å²) in [7, 11) is 0. The molecular formula is C11H10ClNO. The number of aryl methyl sites for hydroxylation is 1. The number of nitrogens with two attached hydrogens (primary N) is 1. The van der Waals surface area contributed by atoms with Gasteiger partial charge in [-0.1, -0.05) is 29.5 Å². The van der Waals surface area contributed by atoms with Crippen LogP contribution < -0.4 is 5.73 Å². The van der Waals surface area contributed by atoms with Crippen LogP contribution in [0.25, 0.3) is 0 Å². The first-order valence-corrected chi connectivity index (χ1v) is 4.50. The zero-order valence-corrected chi connectivity index (χ0v) is 8.56. The van der Waals surface area contributed by atoms with Crippen LogP contribution in [0.5, 0.6) is 0 Å². The van der Waals surface area contributed by atoms with Crippen molar-refractivity contribution >= 4 is 17.5 Å². The average molecular weight is 208 g/mol. The van der Waals surface area contributed by atoms with Gasteiger partial charge < -0.3 is 5.73 Å². The summed E-state index contributed by atoms with van der Waals surface area (Å²) >= 11 is 5.93. The SMILES string of the molecule is Cc1ccc(C#CCC(N)=O)c(Cl)c1. The zero-order chi connectivity index (χ0) is 10.6. The van der Waals surface area contributed by atoms with E-state index in [-0.39, 0.29) is 6.42 Å². The second kappa shape index (κ2) is 4.69. The van der Waals surface area contributed by atoms with Crippen LogP contribution in [0, 0.1) is 18.8 Å². The van der Waals surface area contributed by atoms with Crippen molar-refractivity contribution in [3.63, 3.8) is 0 Å². The van der Waals surface area contributed by atoms with Gasteiger partial charge in [0.05, 0.1) is 11.4 Å². The van der Waals surface area contributed by atoms with Gasteiger partial charge in [-0.2, -0.15) is 0 Å². The van der Waals surface area contributed by atoms with Crippen molar-refractivity contribution in [1.82, 2.24) is 0 Å². The van der Waals surface area contributed by atoms with Gasteiger partial charge in [-0.3, -0.25) is 4.79 Å². The average Bonchev–Trinajstić information content (AvgIpc) is 2.08. The lowest BCUT2D eigenvalue weighted by Crippen LogP contribution is -2.08. The Morgan fingerprint density at radius 2 is 2.29 bits per heavy atom. The number of carbonyl (C=O) groups excluding carboxylic acids is 1. The van der Waals surface area contributed by atoms with Gasteiger partial charge in [-0.25, -0.2) is 0 Å². The van der Waals surface area contributed by atoms with Crippen molar-refractivity contribution in [2.45, 2.75) is 13.3 Å². The third-order valence-corrected chi connectivity index (χ3v) is 1.92. The van der Waals surface area contributed by atoms with Crippen LogP contribution in [0.3, 0.4) is 0 Å². The number of amides is 1. The van der Waals surface area contributed by atoms with E-state index in [1.165, 1.54) is 0 Å². The quantitative estimate of drug-likeness (QED) is 0.702. The topological polar surface area (TPSA) is 43.1 Å². The summed E-state index contributed by atoms with van der Waals surface area (Å²) in [6.45, 7) is 1.95. The van der Waals surface area contributed by atoms with Gasteiger partial charge in [-0.05, 0) is 24.6 Å². The lowest BCUT2D eigenvalue weighted by Gasteiger charge is -1.96. The molecule has 0 saturated heterocycles. The van der Waals surface area contributed by atoms with Crippen molar-refractivity contribution in [3.05, 3.63) is 34.3 Å². The summed E-state index contributed by atoms with van der Waals surface area (Å²) in [6.07, 6.45) is 0.0597. The molecule has 0 heterocycles. The van der Waals surface area contributed by atoms with E-state index in [4.69, 9.17) is 17.3 Å². The Kier molecular flexibility index (Phi) is 3.55. The summed E-state index contributed by atoms with van der Waals surface area (Å²) in [5.74, 6) is 5.01. The van der Waals surface area contributed by atoms with Gasteiger partial charge in [0.15, 0.2) is 0 Å². The fraction of sp³-hybridized carbons (Fsp3) is 0.182. The van der Waals surface area contributed by atoms with Crippen LogP contribution in [0.4, 0.5) is 0 Å². The summed E-state index contributed by atoms with van der Waals surface area (Å²) in [5, 5.41) is 0.599. The molecule has 0 bridgehead atoms. The van der Waals surface area contributed by atoms with Gasteiger partial charge in [0.2, 0.25) is 5.91 Å². The molecule has 0 saturated carbocycles. The first kappa shape index (κ1) is 10.6. The van der Waals surface area contributed by atoms with Crippen molar-refractivity contribution in [3.8, 4) is 11.8 Å². The van der Waals surface area contributed by atoms with Crippen LogP contribution in [-0.4, -0.2) is 5.91 Å². The van der Waals surface area contributed by atoms with E-state index in [1.54, 1.807) is 0 Å². The minimum atomic E-state index is -0.430. The summed E-state index contributed by atoms with van der Waals surface area (Å²) in [6, 6.07) is 5.57. The second-order valence-corrected chi connectivity index (χ2v) is 3.34. The largest absolute Gasteiger partial charge is 0.369 e. The maximum absolute atomic E-state index is 10.4. The highest BCUT2D eigenvalue weighted by Crippen LogP contribution is 2.16. The van der Waals surface area contributed by atoms with Crippen molar-refractivity contribution in [1.29, 1.82) is 0 Å². The normalized spacial score (nSPS) is 9.00. The molecule has 0 atom stereocenters. The maximum atomic E-state index is 10.4. The molecule has 0 spiro atoms. The molecule has 1 rings (SSSR count).